The minimum absolute atomic E-state index is 0.189. The van der Waals surface area contributed by atoms with E-state index < -0.39 is 0 Å². The van der Waals surface area contributed by atoms with Crippen LogP contribution in [0.5, 0.6) is 0 Å². The Bertz CT molecular complexity index is 349. The first-order chi connectivity index (χ1) is 7.77. The van der Waals surface area contributed by atoms with Gasteiger partial charge in [-0.2, -0.15) is 0 Å². The Balaban J connectivity index is 1.79. The Morgan fingerprint density at radius 3 is 2.94 bits per heavy atom. The topological polar surface area (TPSA) is 45.2 Å². The number of likely N-dealkylation sites (N-methyl/N-ethyl adjacent to an activating group) is 1. The molecule has 86 valence electrons. The molecule has 1 aliphatic heterocycles. The molecule has 1 aromatic heterocycles. The summed E-state index contributed by atoms with van der Waals surface area (Å²) in [5, 5.41) is 3.11. The first-order valence-corrected chi connectivity index (χ1v) is 5.63. The zero-order valence-corrected chi connectivity index (χ0v) is 9.52. The molecule has 16 heavy (non-hydrogen) atoms. The highest BCUT2D eigenvalue weighted by Crippen LogP contribution is 2.07. The maximum atomic E-state index is 11.8. The van der Waals surface area contributed by atoms with Gasteiger partial charge in [-0.05, 0) is 12.1 Å². The van der Waals surface area contributed by atoms with Crippen molar-refractivity contribution in [3.05, 3.63) is 30.1 Å². The maximum Gasteiger partial charge on any atom is 0.228 e. The van der Waals surface area contributed by atoms with Gasteiger partial charge in [0.2, 0.25) is 5.91 Å². The Labute approximate surface area is 95.7 Å². The predicted octanol–water partition coefficient (Wildman–Crippen LogP) is 0.302. The van der Waals surface area contributed by atoms with Gasteiger partial charge >= 0.3 is 0 Å². The number of nitrogens with zero attached hydrogens (tertiary/aromatic N) is 2. The maximum absolute atomic E-state index is 11.8. The molecule has 4 nitrogen and oxygen atoms in total. The van der Waals surface area contributed by atoms with Gasteiger partial charge in [-0.3, -0.25) is 9.78 Å². The second-order valence-corrected chi connectivity index (χ2v) is 4.19. The van der Waals surface area contributed by atoms with Gasteiger partial charge in [0.05, 0.1) is 5.92 Å². The summed E-state index contributed by atoms with van der Waals surface area (Å²) in [5.74, 6) is 0.434. The summed E-state index contributed by atoms with van der Waals surface area (Å²) < 4.78 is 0. The van der Waals surface area contributed by atoms with Crippen LogP contribution in [0.2, 0.25) is 0 Å². The predicted molar refractivity (Wildman–Crippen MR) is 61.9 cm³/mol. The van der Waals surface area contributed by atoms with Crippen molar-refractivity contribution in [2.75, 3.05) is 26.7 Å². The van der Waals surface area contributed by atoms with E-state index in [-0.39, 0.29) is 11.8 Å². The monoisotopic (exact) mass is 219 g/mol. The molecule has 1 saturated heterocycles. The summed E-state index contributed by atoms with van der Waals surface area (Å²) >= 11 is 0. The van der Waals surface area contributed by atoms with Crippen LogP contribution in [0.15, 0.2) is 24.4 Å². The van der Waals surface area contributed by atoms with Crippen molar-refractivity contribution in [1.82, 2.24) is 15.2 Å². The van der Waals surface area contributed by atoms with Gasteiger partial charge in [-0.1, -0.05) is 6.07 Å². The van der Waals surface area contributed by atoms with Gasteiger partial charge in [0.15, 0.2) is 0 Å². The van der Waals surface area contributed by atoms with Crippen molar-refractivity contribution in [2.24, 2.45) is 5.92 Å². The molecule has 1 fully saturated rings. The van der Waals surface area contributed by atoms with E-state index in [1.807, 2.05) is 25.2 Å². The van der Waals surface area contributed by atoms with Crippen LogP contribution in [0, 0.1) is 5.92 Å². The molecule has 2 rings (SSSR count). The van der Waals surface area contributed by atoms with Crippen LogP contribution < -0.4 is 5.32 Å². The first-order valence-electron chi connectivity index (χ1n) is 5.63. The van der Waals surface area contributed by atoms with E-state index >= 15 is 0 Å². The fraction of sp³-hybridized carbons (Fsp3) is 0.500. The Morgan fingerprint density at radius 1 is 1.56 bits per heavy atom. The van der Waals surface area contributed by atoms with E-state index in [9.17, 15) is 4.79 Å². The fourth-order valence-electron chi connectivity index (χ4n) is 1.71. The van der Waals surface area contributed by atoms with Crippen LogP contribution >= 0.6 is 0 Å². The van der Waals surface area contributed by atoms with Crippen LogP contribution in [0.25, 0.3) is 0 Å². The van der Waals surface area contributed by atoms with Crippen LogP contribution in [-0.4, -0.2) is 42.5 Å². The zero-order valence-electron chi connectivity index (χ0n) is 9.52. The lowest BCUT2D eigenvalue weighted by Crippen LogP contribution is -2.51. The third-order valence-electron chi connectivity index (χ3n) is 2.94. The van der Waals surface area contributed by atoms with Crippen molar-refractivity contribution >= 4 is 5.91 Å². The summed E-state index contributed by atoms with van der Waals surface area (Å²) in [7, 11) is 1.86. The quantitative estimate of drug-likeness (QED) is 0.792. The normalized spacial score (nSPS) is 15.6. The molecule has 4 heteroatoms. The van der Waals surface area contributed by atoms with Gasteiger partial charge in [0.1, 0.15) is 0 Å². The summed E-state index contributed by atoms with van der Waals surface area (Å²) in [6, 6.07) is 5.86. The lowest BCUT2D eigenvalue weighted by atomic mass is 10.0. The number of carbonyl (C=O) groups is 1. The Hall–Kier alpha value is -1.42. The van der Waals surface area contributed by atoms with Crippen molar-refractivity contribution in [1.29, 1.82) is 0 Å². The lowest BCUT2D eigenvalue weighted by Gasteiger charge is -2.30. The molecule has 1 aliphatic rings. The molecule has 0 aromatic carbocycles. The van der Waals surface area contributed by atoms with E-state index in [4.69, 9.17) is 0 Å². The summed E-state index contributed by atoms with van der Waals surface area (Å²) in [4.78, 5) is 17.9. The number of hydrogen-bond acceptors (Lipinski definition) is 3. The molecule has 0 aliphatic carbocycles. The molecule has 0 radical (unpaired) electrons. The van der Waals surface area contributed by atoms with Crippen LogP contribution in [0.1, 0.15) is 5.69 Å². The van der Waals surface area contributed by atoms with E-state index in [0.29, 0.717) is 0 Å². The van der Waals surface area contributed by atoms with E-state index in [1.54, 1.807) is 11.1 Å². The molecule has 0 unspecified atom stereocenters. The van der Waals surface area contributed by atoms with Gasteiger partial charge in [0, 0.05) is 45.0 Å². The second-order valence-electron chi connectivity index (χ2n) is 4.19. The first kappa shape index (κ1) is 11.1. The van der Waals surface area contributed by atoms with Gasteiger partial charge in [0.25, 0.3) is 0 Å². The van der Waals surface area contributed by atoms with Crippen LogP contribution in [0.4, 0.5) is 0 Å². The average molecular weight is 219 g/mol. The van der Waals surface area contributed by atoms with Crippen molar-refractivity contribution in [2.45, 2.75) is 6.42 Å². The number of aromatic nitrogens is 1. The number of hydrogen-bond donors (Lipinski definition) is 1. The number of carbonyl (C=O) groups excluding carboxylic acids is 1. The molecule has 0 saturated carbocycles. The minimum atomic E-state index is 0.189. The van der Waals surface area contributed by atoms with Crippen molar-refractivity contribution < 1.29 is 4.79 Å². The molecule has 1 amide bonds. The summed E-state index contributed by atoms with van der Waals surface area (Å²) in [6.07, 6.45) is 2.61. The average Bonchev–Trinajstić information content (AvgIpc) is 2.25. The van der Waals surface area contributed by atoms with Gasteiger partial charge in [-0.15, -0.1) is 0 Å². The molecule has 1 N–H and O–H groups in total. The largest absolute Gasteiger partial charge is 0.345 e. The molecule has 1 aromatic rings. The number of amides is 1. The third kappa shape index (κ3) is 2.58. The number of rotatable bonds is 4. The lowest BCUT2D eigenvalue weighted by molar-refractivity contribution is -0.135. The zero-order chi connectivity index (χ0) is 11.4. The third-order valence-corrected chi connectivity index (χ3v) is 2.94. The second kappa shape index (κ2) is 5.07. The number of nitrogens with one attached hydrogen (secondary N) is 1. The highest BCUT2D eigenvalue weighted by molar-refractivity contribution is 5.79. The summed E-state index contributed by atoms with van der Waals surface area (Å²) in [5.41, 5.74) is 1.04. The SMILES string of the molecule is CN(CCc1ccccn1)C(=O)C1CNC1. The molecule has 0 atom stereocenters. The standard InChI is InChI=1S/C12H17N3O/c1-15(12(16)10-8-13-9-10)7-5-11-4-2-3-6-14-11/h2-4,6,10,13H,5,7-9H2,1H3. The summed E-state index contributed by atoms with van der Waals surface area (Å²) in [6.45, 7) is 2.39. The highest BCUT2D eigenvalue weighted by atomic mass is 16.2. The van der Waals surface area contributed by atoms with E-state index in [2.05, 4.69) is 10.3 Å². The van der Waals surface area contributed by atoms with Crippen molar-refractivity contribution in [3.63, 3.8) is 0 Å². The smallest absolute Gasteiger partial charge is 0.228 e. The molecule has 0 bridgehead atoms. The van der Waals surface area contributed by atoms with Crippen molar-refractivity contribution in [3.8, 4) is 0 Å². The molecule has 0 spiro atoms. The van der Waals surface area contributed by atoms with E-state index in [1.165, 1.54) is 0 Å². The molecule has 2 heterocycles. The Morgan fingerprint density at radius 2 is 2.38 bits per heavy atom. The van der Waals surface area contributed by atoms with Crippen LogP contribution in [0.3, 0.4) is 0 Å². The molecular weight excluding hydrogens is 202 g/mol. The van der Waals surface area contributed by atoms with Gasteiger partial charge < -0.3 is 10.2 Å². The number of pyridine rings is 1. The van der Waals surface area contributed by atoms with Crippen LogP contribution in [-0.2, 0) is 11.2 Å². The van der Waals surface area contributed by atoms with E-state index in [0.717, 1.165) is 31.7 Å². The Kier molecular flexibility index (Phi) is 3.51. The minimum Gasteiger partial charge on any atom is -0.345 e. The highest BCUT2D eigenvalue weighted by Gasteiger charge is 2.27. The fourth-order valence-corrected chi connectivity index (χ4v) is 1.71. The molecular formula is C12H17N3O. The van der Waals surface area contributed by atoms with Gasteiger partial charge in [-0.25, -0.2) is 0 Å².